The second-order valence-corrected chi connectivity index (χ2v) is 5.30. The fourth-order valence-electron chi connectivity index (χ4n) is 1.55. The van der Waals surface area contributed by atoms with Crippen LogP contribution in [0.4, 0.5) is 0 Å². The molecular weight excluding hydrogens is 320 g/mol. The molecule has 2 nitrogen and oxygen atoms in total. The lowest BCUT2D eigenvalue weighted by Crippen LogP contribution is -1.98. The SMILES string of the molecule is Cc1cc(C)n(-c2cc(Br)cc(Br)c2)n1. The molecule has 0 radical (unpaired) electrons. The van der Waals surface area contributed by atoms with Gasteiger partial charge in [-0.25, -0.2) is 4.68 Å². The largest absolute Gasteiger partial charge is 0.238 e. The van der Waals surface area contributed by atoms with Gasteiger partial charge in [-0.1, -0.05) is 31.9 Å². The molecule has 0 N–H and O–H groups in total. The number of aryl methyl sites for hydroxylation is 2. The van der Waals surface area contributed by atoms with Gasteiger partial charge in [0.05, 0.1) is 11.4 Å². The summed E-state index contributed by atoms with van der Waals surface area (Å²) in [6.45, 7) is 4.05. The number of halogens is 2. The Labute approximate surface area is 106 Å². The molecule has 1 heterocycles. The Balaban J connectivity index is 2.58. The summed E-state index contributed by atoms with van der Waals surface area (Å²) in [7, 11) is 0. The van der Waals surface area contributed by atoms with E-state index in [-0.39, 0.29) is 0 Å². The molecule has 0 fully saturated rings. The van der Waals surface area contributed by atoms with Crippen molar-refractivity contribution in [1.29, 1.82) is 0 Å². The number of hydrogen-bond donors (Lipinski definition) is 0. The molecule has 1 aromatic carbocycles. The highest BCUT2D eigenvalue weighted by Crippen LogP contribution is 2.23. The van der Waals surface area contributed by atoms with Crippen molar-refractivity contribution in [2.24, 2.45) is 0 Å². The molecule has 0 aliphatic heterocycles. The van der Waals surface area contributed by atoms with Crippen LogP contribution < -0.4 is 0 Å². The third-order valence-electron chi connectivity index (χ3n) is 2.10. The summed E-state index contributed by atoms with van der Waals surface area (Å²) in [6, 6.07) is 8.17. The molecule has 2 aromatic rings. The summed E-state index contributed by atoms with van der Waals surface area (Å²) in [5.74, 6) is 0. The van der Waals surface area contributed by atoms with Crippen molar-refractivity contribution in [2.75, 3.05) is 0 Å². The molecule has 0 unspecified atom stereocenters. The van der Waals surface area contributed by atoms with E-state index in [1.165, 1.54) is 0 Å². The molecule has 78 valence electrons. The van der Waals surface area contributed by atoms with Crippen molar-refractivity contribution in [3.05, 3.63) is 44.6 Å². The van der Waals surface area contributed by atoms with Crippen molar-refractivity contribution >= 4 is 31.9 Å². The maximum Gasteiger partial charge on any atom is 0.0671 e. The van der Waals surface area contributed by atoms with E-state index in [0.717, 1.165) is 26.0 Å². The Morgan fingerprint density at radius 1 is 1.00 bits per heavy atom. The van der Waals surface area contributed by atoms with E-state index in [0.29, 0.717) is 0 Å². The van der Waals surface area contributed by atoms with Crippen LogP contribution in [-0.4, -0.2) is 9.78 Å². The van der Waals surface area contributed by atoms with Gasteiger partial charge >= 0.3 is 0 Å². The van der Waals surface area contributed by atoms with Gasteiger partial charge in [-0.3, -0.25) is 0 Å². The lowest BCUT2D eigenvalue weighted by atomic mass is 10.3. The Kier molecular flexibility index (Phi) is 2.98. The third kappa shape index (κ3) is 2.32. The molecule has 0 spiro atoms. The molecule has 0 saturated carbocycles. The Morgan fingerprint density at radius 3 is 2.07 bits per heavy atom. The molecular formula is C11H10Br2N2. The summed E-state index contributed by atoms with van der Waals surface area (Å²) >= 11 is 6.94. The maximum atomic E-state index is 4.44. The fourth-order valence-corrected chi connectivity index (χ4v) is 2.82. The highest BCUT2D eigenvalue weighted by molar-refractivity contribution is 9.11. The highest BCUT2D eigenvalue weighted by atomic mass is 79.9. The fraction of sp³-hybridized carbons (Fsp3) is 0.182. The Hall–Kier alpha value is -0.610. The predicted octanol–water partition coefficient (Wildman–Crippen LogP) is 4.01. The van der Waals surface area contributed by atoms with Gasteiger partial charge in [0.25, 0.3) is 0 Å². The van der Waals surface area contributed by atoms with Crippen molar-refractivity contribution < 1.29 is 0 Å². The van der Waals surface area contributed by atoms with Crippen LogP contribution >= 0.6 is 31.9 Å². The number of rotatable bonds is 1. The zero-order valence-corrected chi connectivity index (χ0v) is 11.6. The van der Waals surface area contributed by atoms with Gasteiger partial charge in [0.2, 0.25) is 0 Å². The molecule has 0 aliphatic rings. The van der Waals surface area contributed by atoms with Crippen molar-refractivity contribution in [1.82, 2.24) is 9.78 Å². The maximum absolute atomic E-state index is 4.44. The molecule has 0 atom stereocenters. The first-order chi connectivity index (χ1) is 7.06. The highest BCUT2D eigenvalue weighted by Gasteiger charge is 2.05. The number of nitrogens with zero attached hydrogens (tertiary/aromatic N) is 2. The van der Waals surface area contributed by atoms with Gasteiger partial charge in [0.15, 0.2) is 0 Å². The van der Waals surface area contributed by atoms with E-state index >= 15 is 0 Å². The summed E-state index contributed by atoms with van der Waals surface area (Å²) in [6.07, 6.45) is 0. The van der Waals surface area contributed by atoms with Crippen LogP contribution in [0.5, 0.6) is 0 Å². The quantitative estimate of drug-likeness (QED) is 0.772. The van der Waals surface area contributed by atoms with Crippen LogP contribution in [0.1, 0.15) is 11.4 Å². The monoisotopic (exact) mass is 328 g/mol. The van der Waals surface area contributed by atoms with E-state index in [1.54, 1.807) is 0 Å². The number of aromatic nitrogens is 2. The normalized spacial score (nSPS) is 10.7. The average Bonchev–Trinajstić information content (AvgIpc) is 2.43. The summed E-state index contributed by atoms with van der Waals surface area (Å²) in [5, 5.41) is 4.44. The standard InChI is InChI=1S/C11H10Br2N2/c1-7-3-8(2)15(14-7)11-5-9(12)4-10(13)6-11/h3-6H,1-2H3. The molecule has 4 heteroatoms. The van der Waals surface area contributed by atoms with Gasteiger partial charge in [0, 0.05) is 14.6 Å². The van der Waals surface area contributed by atoms with Gasteiger partial charge < -0.3 is 0 Å². The van der Waals surface area contributed by atoms with Crippen molar-refractivity contribution in [3.8, 4) is 5.69 Å². The first-order valence-electron chi connectivity index (χ1n) is 4.56. The molecule has 1 aromatic heterocycles. The minimum atomic E-state index is 1.03. The molecule has 15 heavy (non-hydrogen) atoms. The van der Waals surface area contributed by atoms with Crippen LogP contribution in [-0.2, 0) is 0 Å². The van der Waals surface area contributed by atoms with Gasteiger partial charge in [-0.2, -0.15) is 5.10 Å². The Morgan fingerprint density at radius 2 is 1.60 bits per heavy atom. The second-order valence-electron chi connectivity index (χ2n) is 3.47. The van der Waals surface area contributed by atoms with Crippen LogP contribution in [0.25, 0.3) is 5.69 Å². The predicted molar refractivity (Wildman–Crippen MR) is 68.4 cm³/mol. The van der Waals surface area contributed by atoms with Crippen molar-refractivity contribution in [3.63, 3.8) is 0 Å². The van der Waals surface area contributed by atoms with Crippen LogP contribution in [0.2, 0.25) is 0 Å². The molecule has 0 amide bonds. The Bertz CT molecular complexity index is 483. The lowest BCUT2D eigenvalue weighted by molar-refractivity contribution is 0.832. The van der Waals surface area contributed by atoms with E-state index in [9.17, 15) is 0 Å². The van der Waals surface area contributed by atoms with Gasteiger partial charge in [0.1, 0.15) is 0 Å². The van der Waals surface area contributed by atoms with Gasteiger partial charge in [-0.15, -0.1) is 0 Å². The smallest absolute Gasteiger partial charge is 0.0671 e. The topological polar surface area (TPSA) is 17.8 Å². The zero-order chi connectivity index (χ0) is 11.0. The number of benzene rings is 1. The number of hydrogen-bond acceptors (Lipinski definition) is 1. The van der Waals surface area contributed by atoms with Crippen LogP contribution in [0.15, 0.2) is 33.2 Å². The lowest BCUT2D eigenvalue weighted by Gasteiger charge is -2.05. The minimum absolute atomic E-state index is 1.03. The van der Waals surface area contributed by atoms with E-state index in [1.807, 2.05) is 29.8 Å². The molecule has 0 saturated heterocycles. The summed E-state index contributed by atoms with van der Waals surface area (Å²) < 4.78 is 4.02. The second kappa shape index (κ2) is 4.10. The first-order valence-corrected chi connectivity index (χ1v) is 6.14. The van der Waals surface area contributed by atoms with E-state index < -0.39 is 0 Å². The molecule has 2 rings (SSSR count). The molecule has 0 bridgehead atoms. The van der Waals surface area contributed by atoms with Gasteiger partial charge in [-0.05, 0) is 38.1 Å². The first kappa shape index (κ1) is 10.9. The van der Waals surface area contributed by atoms with Crippen LogP contribution in [0.3, 0.4) is 0 Å². The van der Waals surface area contributed by atoms with Crippen molar-refractivity contribution in [2.45, 2.75) is 13.8 Å². The van der Waals surface area contributed by atoms with E-state index in [2.05, 4.69) is 49.9 Å². The minimum Gasteiger partial charge on any atom is -0.238 e. The van der Waals surface area contributed by atoms with E-state index in [4.69, 9.17) is 0 Å². The summed E-state index contributed by atoms with van der Waals surface area (Å²) in [5.41, 5.74) is 3.22. The average molecular weight is 330 g/mol. The molecule has 0 aliphatic carbocycles. The third-order valence-corrected chi connectivity index (χ3v) is 3.02. The zero-order valence-electron chi connectivity index (χ0n) is 8.46. The summed E-state index contributed by atoms with van der Waals surface area (Å²) in [4.78, 5) is 0. The van der Waals surface area contributed by atoms with Crippen LogP contribution in [0, 0.1) is 13.8 Å².